The molecule has 2 heterocycles. The van der Waals surface area contributed by atoms with Gasteiger partial charge in [-0.1, -0.05) is 43.0 Å². The second-order valence-electron chi connectivity index (χ2n) is 6.04. The van der Waals surface area contributed by atoms with Crippen LogP contribution in [0.5, 0.6) is 0 Å². The lowest BCUT2D eigenvalue weighted by atomic mass is 9.83. The highest BCUT2D eigenvalue weighted by molar-refractivity contribution is 7.19. The third-order valence-corrected chi connectivity index (χ3v) is 5.89. The van der Waals surface area contributed by atoms with Gasteiger partial charge < -0.3 is 5.32 Å². The molecule has 1 aliphatic carbocycles. The zero-order valence-electron chi connectivity index (χ0n) is 13.3. The number of anilines is 1. The van der Waals surface area contributed by atoms with Crippen molar-refractivity contribution in [3.8, 4) is 5.69 Å². The summed E-state index contributed by atoms with van der Waals surface area (Å²) < 4.78 is 2.41. The molecule has 0 aliphatic heterocycles. The molecule has 1 aliphatic rings. The van der Waals surface area contributed by atoms with Gasteiger partial charge in [-0.05, 0) is 18.1 Å². The number of benzene rings is 1. The third-order valence-electron chi connectivity index (χ3n) is 4.50. The SMILES string of the molecule is CNc1nc(=O)n(-c2ccccc2Cl)c2nc(CC3CCC3)sc12. The van der Waals surface area contributed by atoms with Gasteiger partial charge >= 0.3 is 5.69 Å². The van der Waals surface area contributed by atoms with Crippen molar-refractivity contribution in [2.24, 2.45) is 5.92 Å². The van der Waals surface area contributed by atoms with Crippen molar-refractivity contribution in [2.45, 2.75) is 25.7 Å². The van der Waals surface area contributed by atoms with Gasteiger partial charge in [-0.2, -0.15) is 4.98 Å². The number of para-hydroxylation sites is 1. The maximum atomic E-state index is 12.6. The molecule has 1 N–H and O–H groups in total. The molecule has 7 heteroatoms. The molecule has 1 aromatic carbocycles. The van der Waals surface area contributed by atoms with Crippen LogP contribution in [-0.4, -0.2) is 21.6 Å². The van der Waals surface area contributed by atoms with E-state index >= 15 is 0 Å². The Kier molecular flexibility index (Phi) is 4.02. The lowest BCUT2D eigenvalue weighted by molar-refractivity contribution is 0.314. The highest BCUT2D eigenvalue weighted by atomic mass is 35.5. The molecule has 0 radical (unpaired) electrons. The summed E-state index contributed by atoms with van der Waals surface area (Å²) in [6.45, 7) is 0. The van der Waals surface area contributed by atoms with E-state index in [1.54, 1.807) is 24.5 Å². The Labute approximate surface area is 148 Å². The Morgan fingerprint density at radius 2 is 2.12 bits per heavy atom. The van der Waals surface area contributed by atoms with E-state index in [9.17, 15) is 4.79 Å². The minimum absolute atomic E-state index is 0.375. The van der Waals surface area contributed by atoms with Crippen LogP contribution in [0.3, 0.4) is 0 Å². The molecule has 3 aromatic rings. The molecular formula is C17H17ClN4OS. The molecule has 0 amide bonds. The van der Waals surface area contributed by atoms with Crippen molar-refractivity contribution in [3.05, 3.63) is 44.8 Å². The molecule has 2 aromatic heterocycles. The van der Waals surface area contributed by atoms with Gasteiger partial charge in [-0.25, -0.2) is 14.3 Å². The van der Waals surface area contributed by atoms with Gasteiger partial charge in [0.2, 0.25) is 0 Å². The van der Waals surface area contributed by atoms with Crippen LogP contribution in [0.4, 0.5) is 5.82 Å². The molecule has 5 nitrogen and oxygen atoms in total. The van der Waals surface area contributed by atoms with Crippen molar-refractivity contribution >= 4 is 39.1 Å². The van der Waals surface area contributed by atoms with Gasteiger partial charge in [0, 0.05) is 13.5 Å². The first-order valence-corrected chi connectivity index (χ1v) is 9.22. The lowest BCUT2D eigenvalue weighted by Gasteiger charge is -2.23. The summed E-state index contributed by atoms with van der Waals surface area (Å²) in [5.41, 5.74) is 0.872. The van der Waals surface area contributed by atoms with Crippen LogP contribution in [0.15, 0.2) is 29.1 Å². The number of nitrogens with one attached hydrogen (secondary N) is 1. The Bertz CT molecular complexity index is 961. The molecule has 1 fully saturated rings. The number of thiazole rings is 1. The Morgan fingerprint density at radius 3 is 2.79 bits per heavy atom. The highest BCUT2D eigenvalue weighted by Crippen LogP contribution is 2.34. The minimum Gasteiger partial charge on any atom is -0.372 e. The molecule has 124 valence electrons. The predicted molar refractivity (Wildman–Crippen MR) is 98.6 cm³/mol. The van der Waals surface area contributed by atoms with Crippen LogP contribution in [-0.2, 0) is 6.42 Å². The summed E-state index contributed by atoms with van der Waals surface area (Å²) in [4.78, 5) is 21.5. The Morgan fingerprint density at radius 1 is 1.33 bits per heavy atom. The van der Waals surface area contributed by atoms with E-state index in [-0.39, 0.29) is 5.69 Å². The van der Waals surface area contributed by atoms with E-state index in [0.717, 1.165) is 22.0 Å². The lowest BCUT2D eigenvalue weighted by Crippen LogP contribution is -2.23. The summed E-state index contributed by atoms with van der Waals surface area (Å²) in [5.74, 6) is 1.30. The Hall–Kier alpha value is -1.92. The maximum Gasteiger partial charge on any atom is 0.355 e. The van der Waals surface area contributed by atoms with Crippen LogP contribution in [0.25, 0.3) is 16.0 Å². The number of nitrogens with zero attached hydrogens (tertiary/aromatic N) is 3. The zero-order valence-corrected chi connectivity index (χ0v) is 14.8. The quantitative estimate of drug-likeness (QED) is 0.767. The fraction of sp³-hybridized carbons (Fsp3) is 0.353. The molecule has 0 atom stereocenters. The molecule has 0 spiro atoms. The molecular weight excluding hydrogens is 344 g/mol. The van der Waals surface area contributed by atoms with E-state index in [4.69, 9.17) is 16.6 Å². The van der Waals surface area contributed by atoms with Crippen molar-refractivity contribution in [1.82, 2.24) is 14.5 Å². The Balaban J connectivity index is 1.93. The number of fused-ring (bicyclic) bond motifs is 1. The summed E-state index contributed by atoms with van der Waals surface area (Å²) in [6.07, 6.45) is 4.82. The molecule has 4 rings (SSSR count). The van der Waals surface area contributed by atoms with E-state index in [0.29, 0.717) is 22.2 Å². The van der Waals surface area contributed by atoms with Gasteiger partial charge in [0.05, 0.1) is 15.7 Å². The van der Waals surface area contributed by atoms with Crippen LogP contribution in [0, 0.1) is 5.92 Å². The van der Waals surface area contributed by atoms with Gasteiger partial charge in [0.25, 0.3) is 0 Å². The molecule has 0 saturated heterocycles. The van der Waals surface area contributed by atoms with E-state index < -0.39 is 0 Å². The molecule has 1 saturated carbocycles. The van der Waals surface area contributed by atoms with Crippen LogP contribution in [0.2, 0.25) is 5.02 Å². The van der Waals surface area contributed by atoms with E-state index in [1.165, 1.54) is 23.8 Å². The topological polar surface area (TPSA) is 59.8 Å². The second kappa shape index (κ2) is 6.18. The summed E-state index contributed by atoms with van der Waals surface area (Å²) in [6, 6.07) is 7.28. The van der Waals surface area contributed by atoms with Crippen molar-refractivity contribution in [1.29, 1.82) is 0 Å². The standard InChI is InChI=1S/C17H17ClN4OS/c1-19-15-14-16(20-13(24-14)9-10-5-4-6-10)22(17(23)21-15)12-8-3-2-7-11(12)18/h2-3,7-8,10H,4-6,9H2,1H3,(H,19,21,23). The number of halogens is 1. The molecule has 0 unspecified atom stereocenters. The van der Waals surface area contributed by atoms with Crippen molar-refractivity contribution in [3.63, 3.8) is 0 Å². The molecule has 24 heavy (non-hydrogen) atoms. The minimum atomic E-state index is -0.375. The van der Waals surface area contributed by atoms with Gasteiger partial charge in [-0.15, -0.1) is 11.3 Å². The molecule has 0 bridgehead atoms. The zero-order chi connectivity index (χ0) is 16.7. The van der Waals surface area contributed by atoms with Gasteiger partial charge in [-0.3, -0.25) is 0 Å². The van der Waals surface area contributed by atoms with Crippen LogP contribution in [0.1, 0.15) is 24.3 Å². The average Bonchev–Trinajstić information content (AvgIpc) is 2.95. The second-order valence-corrected chi connectivity index (χ2v) is 7.53. The van der Waals surface area contributed by atoms with Crippen molar-refractivity contribution in [2.75, 3.05) is 12.4 Å². The monoisotopic (exact) mass is 360 g/mol. The summed E-state index contributed by atoms with van der Waals surface area (Å²) in [5, 5.41) is 4.57. The van der Waals surface area contributed by atoms with Gasteiger partial charge in [0.15, 0.2) is 11.5 Å². The number of rotatable bonds is 4. The maximum absolute atomic E-state index is 12.6. The number of aromatic nitrogens is 3. The number of hydrogen-bond acceptors (Lipinski definition) is 5. The average molecular weight is 361 g/mol. The first-order chi connectivity index (χ1) is 11.7. The first-order valence-electron chi connectivity index (χ1n) is 8.02. The normalized spacial score (nSPS) is 14.8. The number of hydrogen-bond donors (Lipinski definition) is 1. The van der Waals surface area contributed by atoms with E-state index in [1.807, 2.05) is 18.2 Å². The predicted octanol–water partition coefficient (Wildman–Crippen LogP) is 3.88. The summed E-state index contributed by atoms with van der Waals surface area (Å²) in [7, 11) is 1.77. The van der Waals surface area contributed by atoms with Crippen LogP contribution < -0.4 is 11.0 Å². The fourth-order valence-corrected chi connectivity index (χ4v) is 4.38. The van der Waals surface area contributed by atoms with E-state index in [2.05, 4.69) is 10.3 Å². The smallest absolute Gasteiger partial charge is 0.355 e. The van der Waals surface area contributed by atoms with Gasteiger partial charge in [0.1, 0.15) is 4.70 Å². The van der Waals surface area contributed by atoms with Crippen LogP contribution >= 0.6 is 22.9 Å². The largest absolute Gasteiger partial charge is 0.372 e. The third kappa shape index (κ3) is 2.59. The van der Waals surface area contributed by atoms with Crippen molar-refractivity contribution < 1.29 is 0 Å². The highest BCUT2D eigenvalue weighted by Gasteiger charge is 2.22. The fourth-order valence-electron chi connectivity index (χ4n) is 3.00. The summed E-state index contributed by atoms with van der Waals surface area (Å²) >= 11 is 7.91. The first kappa shape index (κ1) is 15.6.